The fourth-order valence-corrected chi connectivity index (χ4v) is 2.95. The minimum atomic E-state index is -4.61. The summed E-state index contributed by atoms with van der Waals surface area (Å²) in [5.41, 5.74) is -1.28. The number of hydrogen-bond acceptors (Lipinski definition) is 5. The molecule has 1 aromatic rings. The SMILES string of the molecule is CCOC(=O)CC1=NS(=O)(=O)c2ccc(C(F)(F)F)cc2N1. The van der Waals surface area contributed by atoms with E-state index in [1.807, 2.05) is 0 Å². The number of halogens is 3. The Bertz CT molecular complexity index is 741. The summed E-state index contributed by atoms with van der Waals surface area (Å²) in [6.07, 6.45) is -5.10. The number of rotatable bonds is 3. The maximum absolute atomic E-state index is 12.7. The zero-order valence-corrected chi connectivity index (χ0v) is 12.1. The number of fused-ring (bicyclic) bond motifs is 1. The number of amidine groups is 1. The van der Waals surface area contributed by atoms with Crippen LogP contribution in [0.4, 0.5) is 18.9 Å². The van der Waals surface area contributed by atoms with E-state index < -0.39 is 34.2 Å². The van der Waals surface area contributed by atoms with Gasteiger partial charge in [-0.1, -0.05) is 0 Å². The van der Waals surface area contributed by atoms with Crippen LogP contribution >= 0.6 is 0 Å². The molecule has 1 heterocycles. The summed E-state index contributed by atoms with van der Waals surface area (Å²) in [6, 6.07) is 2.14. The Balaban J connectivity index is 2.38. The Hall–Kier alpha value is -2.10. The van der Waals surface area contributed by atoms with Gasteiger partial charge in [0.2, 0.25) is 0 Å². The summed E-state index contributed by atoms with van der Waals surface area (Å²) in [6.45, 7) is 1.66. The van der Waals surface area contributed by atoms with Crippen LogP contribution in [-0.4, -0.2) is 26.8 Å². The smallest absolute Gasteiger partial charge is 0.416 e. The third-order valence-electron chi connectivity index (χ3n) is 2.71. The monoisotopic (exact) mass is 336 g/mol. The second kappa shape index (κ2) is 5.59. The van der Waals surface area contributed by atoms with Crippen molar-refractivity contribution in [3.05, 3.63) is 23.8 Å². The van der Waals surface area contributed by atoms with E-state index in [0.717, 1.165) is 6.07 Å². The largest absolute Gasteiger partial charge is 0.466 e. The fourth-order valence-electron chi connectivity index (χ4n) is 1.83. The van der Waals surface area contributed by atoms with Crippen LogP contribution in [0.25, 0.3) is 0 Å². The molecule has 2 rings (SSSR count). The first kappa shape index (κ1) is 16.3. The third-order valence-corrected chi connectivity index (χ3v) is 4.08. The molecule has 6 nitrogen and oxygen atoms in total. The van der Waals surface area contributed by atoms with E-state index in [-0.39, 0.29) is 23.0 Å². The van der Waals surface area contributed by atoms with E-state index in [2.05, 4.69) is 14.5 Å². The molecule has 1 aliphatic heterocycles. The Morgan fingerprint density at radius 2 is 2.05 bits per heavy atom. The molecule has 0 spiro atoms. The molecule has 0 saturated carbocycles. The van der Waals surface area contributed by atoms with Crippen LogP contribution in [0.15, 0.2) is 27.5 Å². The quantitative estimate of drug-likeness (QED) is 0.855. The molecule has 0 saturated heterocycles. The molecule has 1 aliphatic rings. The number of ether oxygens (including phenoxy) is 1. The summed E-state index contributed by atoms with van der Waals surface area (Å²) in [7, 11) is -4.16. The molecule has 0 amide bonds. The van der Waals surface area contributed by atoms with Gasteiger partial charge >= 0.3 is 12.1 Å². The van der Waals surface area contributed by atoms with E-state index >= 15 is 0 Å². The third kappa shape index (κ3) is 3.38. The lowest BCUT2D eigenvalue weighted by molar-refractivity contribution is -0.141. The van der Waals surface area contributed by atoms with Gasteiger partial charge < -0.3 is 10.1 Å². The van der Waals surface area contributed by atoms with Crippen LogP contribution in [0.3, 0.4) is 0 Å². The average molecular weight is 336 g/mol. The molecule has 0 unspecified atom stereocenters. The van der Waals surface area contributed by atoms with Gasteiger partial charge in [0.05, 0.1) is 17.9 Å². The number of sulfonamides is 1. The van der Waals surface area contributed by atoms with E-state index in [1.54, 1.807) is 6.92 Å². The number of nitrogens with one attached hydrogen (secondary N) is 1. The molecule has 10 heteroatoms. The molecular formula is C12H11F3N2O4S. The van der Waals surface area contributed by atoms with E-state index in [0.29, 0.717) is 12.1 Å². The van der Waals surface area contributed by atoms with Gasteiger partial charge in [-0.05, 0) is 25.1 Å². The second-order valence-corrected chi connectivity index (χ2v) is 5.90. The van der Waals surface area contributed by atoms with Crippen LogP contribution in [-0.2, 0) is 25.7 Å². The van der Waals surface area contributed by atoms with Crippen molar-refractivity contribution in [2.24, 2.45) is 4.40 Å². The van der Waals surface area contributed by atoms with Crippen molar-refractivity contribution in [2.45, 2.75) is 24.4 Å². The number of anilines is 1. The number of alkyl halides is 3. The van der Waals surface area contributed by atoms with Crippen molar-refractivity contribution in [3.8, 4) is 0 Å². The van der Waals surface area contributed by atoms with Gasteiger partial charge in [0.15, 0.2) is 0 Å². The van der Waals surface area contributed by atoms with Crippen molar-refractivity contribution in [3.63, 3.8) is 0 Å². The van der Waals surface area contributed by atoms with Gasteiger partial charge in [0.1, 0.15) is 17.2 Å². The highest BCUT2D eigenvalue weighted by atomic mass is 32.2. The fraction of sp³-hybridized carbons (Fsp3) is 0.333. The van der Waals surface area contributed by atoms with Crippen LogP contribution < -0.4 is 5.32 Å². The topological polar surface area (TPSA) is 84.8 Å². The number of hydrogen-bond donors (Lipinski definition) is 1. The van der Waals surface area contributed by atoms with Gasteiger partial charge in [0, 0.05) is 0 Å². The van der Waals surface area contributed by atoms with Crippen LogP contribution in [0.2, 0.25) is 0 Å². The Labute approximate surface area is 124 Å². The lowest BCUT2D eigenvalue weighted by Crippen LogP contribution is -2.25. The van der Waals surface area contributed by atoms with Gasteiger partial charge in [-0.15, -0.1) is 4.40 Å². The molecule has 0 aliphatic carbocycles. The Morgan fingerprint density at radius 1 is 1.36 bits per heavy atom. The number of nitrogens with zero attached hydrogens (tertiary/aromatic N) is 1. The number of carbonyl (C=O) groups excluding carboxylic acids is 1. The molecule has 0 aromatic heterocycles. The highest BCUT2D eigenvalue weighted by Crippen LogP contribution is 2.35. The zero-order valence-electron chi connectivity index (χ0n) is 11.3. The van der Waals surface area contributed by atoms with Crippen LogP contribution in [0, 0.1) is 0 Å². The first-order valence-corrected chi connectivity index (χ1v) is 7.55. The highest BCUT2D eigenvalue weighted by molar-refractivity contribution is 7.90. The van der Waals surface area contributed by atoms with Crippen molar-refractivity contribution in [1.82, 2.24) is 0 Å². The highest BCUT2D eigenvalue weighted by Gasteiger charge is 2.34. The minimum Gasteiger partial charge on any atom is -0.466 e. The molecular weight excluding hydrogens is 325 g/mol. The number of esters is 1. The minimum absolute atomic E-state index is 0.0909. The van der Waals surface area contributed by atoms with Crippen molar-refractivity contribution in [1.29, 1.82) is 0 Å². The molecule has 0 atom stereocenters. The standard InChI is InChI=1S/C12H11F3N2O4S/c1-2-21-11(18)6-10-16-8-5-7(12(13,14)15)3-4-9(8)22(19,20)17-10/h3-5H,2,6H2,1H3,(H,16,17). The second-order valence-electron chi connectivity index (χ2n) is 4.33. The number of carbonyl (C=O) groups is 1. The molecule has 1 N–H and O–H groups in total. The molecule has 120 valence electrons. The van der Waals surface area contributed by atoms with Crippen molar-refractivity contribution in [2.75, 3.05) is 11.9 Å². The van der Waals surface area contributed by atoms with Gasteiger partial charge in [-0.2, -0.15) is 21.6 Å². The number of benzene rings is 1. The summed E-state index contributed by atoms with van der Waals surface area (Å²) < 4.78 is 69.9. The Kier molecular flexibility index (Phi) is 4.14. The predicted octanol–water partition coefficient (Wildman–Crippen LogP) is 2.17. The van der Waals surface area contributed by atoms with Gasteiger partial charge in [0.25, 0.3) is 10.0 Å². The normalized spacial score (nSPS) is 16.3. The van der Waals surface area contributed by atoms with E-state index in [1.165, 1.54) is 0 Å². The van der Waals surface area contributed by atoms with E-state index in [4.69, 9.17) is 0 Å². The van der Waals surface area contributed by atoms with Crippen molar-refractivity contribution >= 4 is 27.5 Å². The van der Waals surface area contributed by atoms with E-state index in [9.17, 15) is 26.4 Å². The average Bonchev–Trinajstić information content (AvgIpc) is 2.36. The summed E-state index contributed by atoms with van der Waals surface area (Å²) in [4.78, 5) is 11.0. The van der Waals surface area contributed by atoms with Crippen molar-refractivity contribution < 1.29 is 31.1 Å². The summed E-state index contributed by atoms with van der Waals surface area (Å²) in [5, 5.41) is 2.42. The summed E-state index contributed by atoms with van der Waals surface area (Å²) in [5.74, 6) is -1.02. The molecule has 0 bridgehead atoms. The van der Waals surface area contributed by atoms with Crippen LogP contribution in [0.1, 0.15) is 18.9 Å². The maximum atomic E-state index is 12.7. The van der Waals surface area contributed by atoms with Gasteiger partial charge in [-0.25, -0.2) is 0 Å². The van der Waals surface area contributed by atoms with Crippen LogP contribution in [0.5, 0.6) is 0 Å². The maximum Gasteiger partial charge on any atom is 0.416 e. The predicted molar refractivity (Wildman–Crippen MR) is 70.9 cm³/mol. The first-order chi connectivity index (χ1) is 10.1. The lowest BCUT2D eigenvalue weighted by atomic mass is 10.2. The molecule has 0 fully saturated rings. The summed E-state index contributed by atoms with van der Waals surface area (Å²) >= 11 is 0. The molecule has 1 aromatic carbocycles. The first-order valence-electron chi connectivity index (χ1n) is 6.11. The lowest BCUT2D eigenvalue weighted by Gasteiger charge is -2.19. The molecule has 22 heavy (non-hydrogen) atoms. The van der Waals surface area contributed by atoms with Gasteiger partial charge in [-0.3, -0.25) is 4.79 Å². The Morgan fingerprint density at radius 3 is 2.64 bits per heavy atom. The molecule has 0 radical (unpaired) electrons. The zero-order chi connectivity index (χ0) is 16.5.